The second kappa shape index (κ2) is 5.34. The Labute approximate surface area is 108 Å². The van der Waals surface area contributed by atoms with Crippen molar-refractivity contribution in [2.45, 2.75) is 40.2 Å². The van der Waals surface area contributed by atoms with Crippen LogP contribution in [0.3, 0.4) is 0 Å². The zero-order valence-electron chi connectivity index (χ0n) is 11.6. The van der Waals surface area contributed by atoms with Gasteiger partial charge in [-0.2, -0.15) is 0 Å². The molecule has 1 atom stereocenters. The van der Waals surface area contributed by atoms with Gasteiger partial charge >= 0.3 is 5.97 Å². The lowest BCUT2D eigenvalue weighted by molar-refractivity contribution is -0.157. The van der Waals surface area contributed by atoms with E-state index in [0.29, 0.717) is 5.56 Å². The van der Waals surface area contributed by atoms with Crippen molar-refractivity contribution in [1.29, 1.82) is 0 Å². The highest BCUT2D eigenvalue weighted by Gasteiger charge is 2.27. The fourth-order valence-electron chi connectivity index (χ4n) is 1.55. The fraction of sp³-hybridized carbons (Fsp3) is 0.467. The van der Waals surface area contributed by atoms with Crippen molar-refractivity contribution < 1.29 is 14.3 Å². The Morgan fingerprint density at radius 3 is 2.33 bits per heavy atom. The summed E-state index contributed by atoms with van der Waals surface area (Å²) in [5.74, 6) is -1.45. The smallest absolute Gasteiger partial charge is 0.317 e. The lowest BCUT2D eigenvalue weighted by atomic mass is 9.98. The molecule has 0 heterocycles. The summed E-state index contributed by atoms with van der Waals surface area (Å²) in [7, 11) is 0. The van der Waals surface area contributed by atoms with Crippen LogP contribution in [0.15, 0.2) is 24.3 Å². The van der Waals surface area contributed by atoms with Crippen molar-refractivity contribution in [3.8, 4) is 0 Å². The zero-order valence-corrected chi connectivity index (χ0v) is 11.6. The summed E-state index contributed by atoms with van der Waals surface area (Å²) in [6, 6.07) is 7.22. The second-order valence-corrected chi connectivity index (χ2v) is 5.49. The molecule has 18 heavy (non-hydrogen) atoms. The maximum Gasteiger partial charge on any atom is 0.317 e. The second-order valence-electron chi connectivity index (χ2n) is 5.49. The van der Waals surface area contributed by atoms with E-state index in [1.807, 2.05) is 19.1 Å². The predicted molar refractivity (Wildman–Crippen MR) is 70.5 cm³/mol. The molecule has 0 radical (unpaired) electrons. The van der Waals surface area contributed by atoms with Crippen molar-refractivity contribution in [2.24, 2.45) is 5.92 Å². The SMILES string of the molecule is Cc1cccc(C(=O)C(C)C(=O)OC(C)(C)C)c1. The van der Waals surface area contributed by atoms with Gasteiger partial charge in [0.25, 0.3) is 0 Å². The van der Waals surface area contributed by atoms with Crippen molar-refractivity contribution in [2.75, 3.05) is 0 Å². The monoisotopic (exact) mass is 248 g/mol. The van der Waals surface area contributed by atoms with Gasteiger partial charge in [0.05, 0.1) is 0 Å². The standard InChI is InChI=1S/C15H20O3/c1-10-7-6-8-12(9-10)13(16)11(2)14(17)18-15(3,4)5/h6-9,11H,1-5H3. The van der Waals surface area contributed by atoms with Gasteiger partial charge in [-0.25, -0.2) is 0 Å². The number of aryl methyl sites for hydroxylation is 1. The number of carbonyl (C=O) groups is 2. The third kappa shape index (κ3) is 3.99. The van der Waals surface area contributed by atoms with E-state index in [4.69, 9.17) is 4.74 Å². The Balaban J connectivity index is 2.81. The van der Waals surface area contributed by atoms with Crippen molar-refractivity contribution in [3.63, 3.8) is 0 Å². The van der Waals surface area contributed by atoms with Gasteiger partial charge in [0.1, 0.15) is 11.5 Å². The summed E-state index contributed by atoms with van der Waals surface area (Å²) in [4.78, 5) is 23.9. The van der Waals surface area contributed by atoms with Crippen LogP contribution in [-0.2, 0) is 9.53 Å². The quantitative estimate of drug-likeness (QED) is 0.469. The van der Waals surface area contributed by atoms with Crippen LogP contribution in [-0.4, -0.2) is 17.4 Å². The summed E-state index contributed by atoms with van der Waals surface area (Å²) in [5, 5.41) is 0. The van der Waals surface area contributed by atoms with Crippen LogP contribution in [0.5, 0.6) is 0 Å². The molecule has 0 aromatic heterocycles. The molecule has 0 aliphatic heterocycles. The van der Waals surface area contributed by atoms with E-state index in [1.165, 1.54) is 0 Å². The Morgan fingerprint density at radius 1 is 1.22 bits per heavy atom. The van der Waals surface area contributed by atoms with E-state index in [0.717, 1.165) is 5.56 Å². The summed E-state index contributed by atoms with van der Waals surface area (Å²) < 4.78 is 5.21. The van der Waals surface area contributed by atoms with Crippen LogP contribution in [0, 0.1) is 12.8 Å². The summed E-state index contributed by atoms with van der Waals surface area (Å²) in [5.41, 5.74) is 0.976. The number of rotatable bonds is 3. The molecule has 3 nitrogen and oxygen atoms in total. The van der Waals surface area contributed by atoms with E-state index >= 15 is 0 Å². The molecule has 98 valence electrons. The molecule has 1 aromatic rings. The normalized spacial score (nSPS) is 12.9. The number of hydrogen-bond donors (Lipinski definition) is 0. The average Bonchev–Trinajstić information content (AvgIpc) is 2.24. The highest BCUT2D eigenvalue weighted by Crippen LogP contribution is 2.16. The average molecular weight is 248 g/mol. The Hall–Kier alpha value is -1.64. The molecular formula is C15H20O3. The summed E-state index contributed by atoms with van der Waals surface area (Å²) >= 11 is 0. The molecule has 0 fully saturated rings. The molecule has 0 spiro atoms. The lowest BCUT2D eigenvalue weighted by Gasteiger charge is -2.21. The molecule has 0 saturated heterocycles. The van der Waals surface area contributed by atoms with Crippen LogP contribution in [0.1, 0.15) is 43.6 Å². The molecule has 1 aromatic carbocycles. The minimum atomic E-state index is -0.772. The lowest BCUT2D eigenvalue weighted by Crippen LogP contribution is -2.31. The van der Waals surface area contributed by atoms with Gasteiger partial charge in [0.15, 0.2) is 5.78 Å². The molecule has 1 unspecified atom stereocenters. The number of hydrogen-bond acceptors (Lipinski definition) is 3. The number of Topliss-reactive ketones (excluding diaryl/α,β-unsaturated/α-hetero) is 1. The van der Waals surface area contributed by atoms with Crippen LogP contribution in [0.2, 0.25) is 0 Å². The number of ketones is 1. The first kappa shape index (κ1) is 14.4. The number of esters is 1. The molecule has 0 aliphatic rings. The molecule has 0 amide bonds. The van der Waals surface area contributed by atoms with Gasteiger partial charge in [-0.3, -0.25) is 9.59 Å². The molecule has 3 heteroatoms. The van der Waals surface area contributed by atoms with Gasteiger partial charge in [-0.05, 0) is 40.7 Å². The Bertz CT molecular complexity index is 455. The first-order valence-electron chi connectivity index (χ1n) is 6.04. The van der Waals surface area contributed by atoms with Gasteiger partial charge < -0.3 is 4.74 Å². The molecule has 0 N–H and O–H groups in total. The van der Waals surface area contributed by atoms with Crippen LogP contribution in [0.25, 0.3) is 0 Å². The van der Waals surface area contributed by atoms with Gasteiger partial charge in [0, 0.05) is 5.56 Å². The van der Waals surface area contributed by atoms with Crippen LogP contribution >= 0.6 is 0 Å². The largest absolute Gasteiger partial charge is 0.459 e. The third-order valence-electron chi connectivity index (χ3n) is 2.46. The topological polar surface area (TPSA) is 43.4 Å². The Morgan fingerprint density at radius 2 is 1.83 bits per heavy atom. The van der Waals surface area contributed by atoms with Crippen molar-refractivity contribution >= 4 is 11.8 Å². The number of ether oxygens (including phenoxy) is 1. The fourth-order valence-corrected chi connectivity index (χ4v) is 1.55. The van der Waals surface area contributed by atoms with Gasteiger partial charge in [0.2, 0.25) is 0 Å². The predicted octanol–water partition coefficient (Wildman–Crippen LogP) is 3.16. The van der Waals surface area contributed by atoms with E-state index in [2.05, 4.69) is 0 Å². The molecular weight excluding hydrogens is 228 g/mol. The molecule has 0 saturated carbocycles. The van der Waals surface area contributed by atoms with Crippen molar-refractivity contribution in [3.05, 3.63) is 35.4 Å². The number of carbonyl (C=O) groups excluding carboxylic acids is 2. The molecule has 0 bridgehead atoms. The molecule has 1 rings (SSSR count). The van der Waals surface area contributed by atoms with Gasteiger partial charge in [-0.1, -0.05) is 23.8 Å². The zero-order chi connectivity index (χ0) is 13.9. The van der Waals surface area contributed by atoms with E-state index in [9.17, 15) is 9.59 Å². The first-order chi connectivity index (χ1) is 8.20. The van der Waals surface area contributed by atoms with Gasteiger partial charge in [-0.15, -0.1) is 0 Å². The minimum absolute atomic E-state index is 0.201. The third-order valence-corrected chi connectivity index (χ3v) is 2.46. The minimum Gasteiger partial charge on any atom is -0.459 e. The van der Waals surface area contributed by atoms with Crippen LogP contribution in [0.4, 0.5) is 0 Å². The van der Waals surface area contributed by atoms with Crippen molar-refractivity contribution in [1.82, 2.24) is 0 Å². The Kier molecular flexibility index (Phi) is 4.28. The van der Waals surface area contributed by atoms with E-state index in [1.54, 1.807) is 39.8 Å². The summed E-state index contributed by atoms with van der Waals surface area (Å²) in [6.45, 7) is 8.85. The summed E-state index contributed by atoms with van der Waals surface area (Å²) in [6.07, 6.45) is 0. The first-order valence-corrected chi connectivity index (χ1v) is 6.04. The van der Waals surface area contributed by atoms with E-state index in [-0.39, 0.29) is 5.78 Å². The van der Waals surface area contributed by atoms with E-state index < -0.39 is 17.5 Å². The highest BCUT2D eigenvalue weighted by atomic mass is 16.6. The maximum absolute atomic E-state index is 12.1. The maximum atomic E-state index is 12.1. The molecule has 0 aliphatic carbocycles. The highest BCUT2D eigenvalue weighted by molar-refractivity contribution is 6.08. The number of benzene rings is 1. The van der Waals surface area contributed by atoms with Crippen LogP contribution < -0.4 is 0 Å².